The quantitative estimate of drug-likeness (QED) is 0.555. The molecule has 0 aliphatic heterocycles. The van der Waals surface area contributed by atoms with Gasteiger partial charge >= 0.3 is 0 Å². The predicted octanol–water partition coefficient (Wildman–Crippen LogP) is -0.445. The summed E-state index contributed by atoms with van der Waals surface area (Å²) < 4.78 is 7.02. The molecule has 15 heavy (non-hydrogen) atoms. The molecule has 0 aromatic carbocycles. The highest BCUT2D eigenvalue weighted by atomic mass is 32.2. The van der Waals surface area contributed by atoms with E-state index in [2.05, 4.69) is 20.7 Å². The summed E-state index contributed by atoms with van der Waals surface area (Å²) in [6.45, 7) is 1.12. The molecule has 6 N–H and O–H groups in total. The Morgan fingerprint density at radius 1 is 1.00 bits per heavy atom. The molecule has 0 radical (unpaired) electrons. The number of hydrogen-bond donors (Lipinski definition) is 3. The van der Waals surface area contributed by atoms with Crippen LogP contribution >= 0.6 is 23.5 Å². The summed E-state index contributed by atoms with van der Waals surface area (Å²) in [5, 5.41) is 1.16. The van der Waals surface area contributed by atoms with E-state index in [-0.39, 0.29) is 5.95 Å². The number of nitrogens with zero attached hydrogens (tertiary/aromatic N) is 3. The van der Waals surface area contributed by atoms with Crippen LogP contribution in [0.2, 0.25) is 1.41 Å². The average Bonchev–Trinajstić information content (AvgIpc) is 2.33. The lowest BCUT2D eigenvalue weighted by Gasteiger charge is -2.02. The van der Waals surface area contributed by atoms with E-state index in [9.17, 15) is 0 Å². The number of thioether (sulfide) groups is 2. The molecule has 0 saturated carbocycles. The zero-order valence-corrected chi connectivity index (χ0v) is 9.77. The number of anilines is 1. The van der Waals surface area contributed by atoms with Crippen LogP contribution in [-0.4, -0.2) is 39.5 Å². The third-order valence-corrected chi connectivity index (χ3v) is 3.05. The summed E-state index contributed by atoms with van der Waals surface area (Å²) in [6, 6.07) is 0. The van der Waals surface area contributed by atoms with Gasteiger partial charge < -0.3 is 17.2 Å². The minimum absolute atomic E-state index is 0.244. The minimum atomic E-state index is 0.244. The molecule has 0 amide bonds. The highest BCUT2D eigenvalue weighted by Gasteiger charge is 2.04. The van der Waals surface area contributed by atoms with Crippen LogP contribution in [0.4, 0.5) is 5.95 Å². The van der Waals surface area contributed by atoms with E-state index in [0.29, 0.717) is 23.4 Å². The Hall–Kier alpha value is -0.570. The number of rotatable bonds is 7. The molecule has 0 atom stereocenters. The van der Waals surface area contributed by atoms with Crippen molar-refractivity contribution < 1.29 is 1.41 Å². The molecule has 84 valence electrons. The number of nitrogens with two attached hydrogens (primary N) is 3. The Morgan fingerprint density at radius 3 is 1.93 bits per heavy atom. The smallest absolute Gasteiger partial charge is 0.225 e. The van der Waals surface area contributed by atoms with Gasteiger partial charge in [-0.15, -0.1) is 0 Å². The largest absolute Gasteiger partial charge is 0.368 e. The Bertz CT molecular complexity index is 299. The zero-order chi connectivity index (χ0) is 11.8. The summed E-state index contributed by atoms with van der Waals surface area (Å²) in [5.74, 6) is 1.72. The van der Waals surface area contributed by atoms with Crippen LogP contribution in [-0.2, 0) is 0 Å². The molecule has 1 aromatic heterocycles. The second-order valence-electron chi connectivity index (χ2n) is 2.50. The van der Waals surface area contributed by atoms with Gasteiger partial charge in [-0.25, -0.2) is 0 Å². The minimum Gasteiger partial charge on any atom is -0.368 e. The molecule has 1 heterocycles. The SMILES string of the molecule is [2H]Nc1nc(SCCN)nc(SCCN)n1. The number of aromatic nitrogens is 3. The van der Waals surface area contributed by atoms with Crippen molar-refractivity contribution in [2.75, 3.05) is 30.3 Å². The molecule has 1 aromatic rings. The highest BCUT2D eigenvalue weighted by molar-refractivity contribution is 7.99. The molecule has 1 rings (SSSR count). The molecule has 0 spiro atoms. The lowest BCUT2D eigenvalue weighted by molar-refractivity contribution is 0.812. The van der Waals surface area contributed by atoms with Crippen molar-refractivity contribution in [3.8, 4) is 0 Å². The highest BCUT2D eigenvalue weighted by Crippen LogP contribution is 2.18. The van der Waals surface area contributed by atoms with Gasteiger partial charge in [0, 0.05) is 24.6 Å². The predicted molar refractivity (Wildman–Crippen MR) is 63.8 cm³/mol. The van der Waals surface area contributed by atoms with Gasteiger partial charge in [-0.05, 0) is 0 Å². The second kappa shape index (κ2) is 6.83. The van der Waals surface area contributed by atoms with Crippen molar-refractivity contribution in [1.82, 2.24) is 15.0 Å². The van der Waals surface area contributed by atoms with Crippen LogP contribution in [0, 0.1) is 0 Å². The summed E-state index contributed by atoms with van der Waals surface area (Å²) in [7, 11) is 0. The van der Waals surface area contributed by atoms with Gasteiger partial charge in [0.15, 0.2) is 11.7 Å². The molecule has 0 unspecified atom stereocenters. The molecule has 6 nitrogen and oxygen atoms in total. The van der Waals surface area contributed by atoms with E-state index >= 15 is 0 Å². The Morgan fingerprint density at radius 2 is 1.53 bits per heavy atom. The molecule has 0 aliphatic rings. The first-order chi connectivity index (χ1) is 7.80. The van der Waals surface area contributed by atoms with Gasteiger partial charge in [0.1, 0.15) is 0 Å². The maximum absolute atomic E-state index is 7.02. The summed E-state index contributed by atoms with van der Waals surface area (Å²) >= 11 is 2.88. The summed E-state index contributed by atoms with van der Waals surface area (Å²) in [6.07, 6.45) is 0. The third-order valence-electron chi connectivity index (χ3n) is 1.29. The fourth-order valence-electron chi connectivity index (χ4n) is 0.768. The number of hydrogen-bond acceptors (Lipinski definition) is 8. The normalized spacial score (nSPS) is 11.2. The van der Waals surface area contributed by atoms with Gasteiger partial charge in [-0.1, -0.05) is 23.5 Å². The van der Waals surface area contributed by atoms with Crippen molar-refractivity contribution in [3.05, 3.63) is 0 Å². The summed E-state index contributed by atoms with van der Waals surface area (Å²) in [5.41, 5.74) is 13.0. The lowest BCUT2D eigenvalue weighted by Crippen LogP contribution is -2.06. The van der Waals surface area contributed by atoms with E-state index in [1.807, 2.05) is 0 Å². The van der Waals surface area contributed by atoms with Crippen molar-refractivity contribution in [3.63, 3.8) is 0 Å². The first-order valence-electron chi connectivity index (χ1n) is 4.89. The molecule has 0 saturated heterocycles. The standard InChI is InChI=1S/C7H14N6S2/c8-1-3-14-6-11-5(10)12-7(13-6)15-4-2-9/h1-4,8-9H2,(H2,10,11,12,13)/i/hD. The van der Waals surface area contributed by atoms with Crippen LogP contribution in [0.15, 0.2) is 10.3 Å². The Labute approximate surface area is 98.3 Å². The molecular formula is C7H14N6S2. The maximum Gasteiger partial charge on any atom is 0.225 e. The Kier molecular flexibility index (Phi) is 4.98. The van der Waals surface area contributed by atoms with E-state index in [0.717, 1.165) is 11.5 Å². The van der Waals surface area contributed by atoms with Crippen LogP contribution in [0.5, 0.6) is 0 Å². The zero-order valence-electron chi connectivity index (χ0n) is 9.14. The van der Waals surface area contributed by atoms with E-state index in [1.165, 1.54) is 23.5 Å². The van der Waals surface area contributed by atoms with Crippen LogP contribution < -0.4 is 17.2 Å². The summed E-state index contributed by atoms with van der Waals surface area (Å²) in [4.78, 5) is 12.3. The fourth-order valence-corrected chi connectivity index (χ4v) is 2.03. The van der Waals surface area contributed by atoms with Crippen LogP contribution in [0.25, 0.3) is 0 Å². The van der Waals surface area contributed by atoms with E-state index in [4.69, 9.17) is 12.9 Å². The molecule has 8 heteroatoms. The van der Waals surface area contributed by atoms with Gasteiger partial charge in [0.25, 0.3) is 0 Å². The topological polar surface area (TPSA) is 117 Å². The Balaban J connectivity index is 2.74. The third kappa shape index (κ3) is 4.65. The fraction of sp³-hybridized carbons (Fsp3) is 0.571. The first-order valence-corrected chi connectivity index (χ1v) is 6.36. The van der Waals surface area contributed by atoms with Crippen molar-refractivity contribution in [1.29, 1.82) is 0 Å². The van der Waals surface area contributed by atoms with Gasteiger partial charge in [0.2, 0.25) is 5.95 Å². The average molecular weight is 247 g/mol. The van der Waals surface area contributed by atoms with Crippen molar-refractivity contribution in [2.24, 2.45) is 11.5 Å². The molecule has 0 aliphatic carbocycles. The van der Waals surface area contributed by atoms with Gasteiger partial charge in [-0.3, -0.25) is 0 Å². The van der Waals surface area contributed by atoms with Gasteiger partial charge in [0.05, 0.1) is 0 Å². The molecular weight excluding hydrogens is 232 g/mol. The van der Waals surface area contributed by atoms with Crippen LogP contribution in [0.1, 0.15) is 0 Å². The van der Waals surface area contributed by atoms with E-state index < -0.39 is 0 Å². The van der Waals surface area contributed by atoms with Crippen molar-refractivity contribution >= 4 is 29.5 Å². The van der Waals surface area contributed by atoms with E-state index in [1.54, 1.807) is 0 Å². The van der Waals surface area contributed by atoms with Crippen LogP contribution in [0.3, 0.4) is 0 Å². The monoisotopic (exact) mass is 247 g/mol. The first kappa shape index (κ1) is 10.9. The van der Waals surface area contributed by atoms with Gasteiger partial charge in [-0.2, -0.15) is 15.0 Å². The lowest BCUT2D eigenvalue weighted by atomic mass is 10.8. The number of nitrogen functional groups attached to an aromatic ring is 1. The second-order valence-corrected chi connectivity index (χ2v) is 4.62. The van der Waals surface area contributed by atoms with Crippen molar-refractivity contribution in [2.45, 2.75) is 10.3 Å². The molecule has 0 bridgehead atoms. The molecule has 0 fully saturated rings. The maximum atomic E-state index is 7.02.